The van der Waals surface area contributed by atoms with Crippen molar-refractivity contribution in [2.45, 2.75) is 31.1 Å². The Morgan fingerprint density at radius 2 is 1.48 bits per heavy atom. The van der Waals surface area contributed by atoms with Crippen LogP contribution in [-0.2, 0) is 25.0 Å². The van der Waals surface area contributed by atoms with Gasteiger partial charge in [-0.25, -0.2) is 13.2 Å². The molecule has 3 rings (SSSR count). The summed E-state index contributed by atoms with van der Waals surface area (Å²) in [5.74, 6) is -0.893. The highest BCUT2D eigenvalue weighted by molar-refractivity contribution is 7.89. The third-order valence-corrected chi connectivity index (χ3v) is 7.20. The second-order valence-corrected chi connectivity index (χ2v) is 10.4. The Morgan fingerprint density at radius 3 is 2.03 bits per heavy atom. The van der Waals surface area contributed by atoms with Gasteiger partial charge >= 0.3 is 5.97 Å². The van der Waals surface area contributed by atoms with Crippen molar-refractivity contribution in [2.75, 3.05) is 32.8 Å². The maximum atomic E-state index is 12.7. The van der Waals surface area contributed by atoms with Gasteiger partial charge in [-0.2, -0.15) is 4.31 Å². The minimum absolute atomic E-state index is 0.0193. The molecule has 2 aromatic rings. The zero-order chi connectivity index (χ0) is 22.6. The van der Waals surface area contributed by atoms with Gasteiger partial charge in [0.05, 0.1) is 10.5 Å². The number of carbonyl (C=O) groups is 2. The number of carbonyl (C=O) groups excluding carboxylic acids is 2. The van der Waals surface area contributed by atoms with Crippen LogP contribution in [0.15, 0.2) is 59.5 Å². The van der Waals surface area contributed by atoms with Gasteiger partial charge in [0, 0.05) is 26.2 Å². The van der Waals surface area contributed by atoms with Crippen LogP contribution in [0.25, 0.3) is 0 Å². The van der Waals surface area contributed by atoms with Crippen molar-refractivity contribution in [3.8, 4) is 0 Å². The third kappa shape index (κ3) is 5.51. The Morgan fingerprint density at radius 1 is 0.903 bits per heavy atom. The van der Waals surface area contributed by atoms with E-state index in [0.717, 1.165) is 5.56 Å². The molecule has 8 heteroatoms. The van der Waals surface area contributed by atoms with Crippen LogP contribution in [0.4, 0.5) is 0 Å². The van der Waals surface area contributed by atoms with Crippen molar-refractivity contribution in [3.63, 3.8) is 0 Å². The monoisotopic (exact) mass is 444 g/mol. The van der Waals surface area contributed by atoms with E-state index in [-0.39, 0.29) is 49.0 Å². The molecule has 0 bridgehead atoms. The third-order valence-electron chi connectivity index (χ3n) is 5.29. The quantitative estimate of drug-likeness (QED) is 0.662. The first-order chi connectivity index (χ1) is 14.6. The average Bonchev–Trinajstić information content (AvgIpc) is 2.77. The van der Waals surface area contributed by atoms with Crippen molar-refractivity contribution >= 4 is 21.9 Å². The number of amides is 1. The van der Waals surface area contributed by atoms with Crippen molar-refractivity contribution in [2.24, 2.45) is 0 Å². The average molecular weight is 445 g/mol. The van der Waals surface area contributed by atoms with E-state index < -0.39 is 16.0 Å². The van der Waals surface area contributed by atoms with E-state index >= 15 is 0 Å². The lowest BCUT2D eigenvalue weighted by Crippen LogP contribution is -2.51. The maximum absolute atomic E-state index is 12.7. The van der Waals surface area contributed by atoms with Crippen LogP contribution in [0.5, 0.6) is 0 Å². The number of piperazine rings is 1. The van der Waals surface area contributed by atoms with E-state index in [9.17, 15) is 18.0 Å². The van der Waals surface area contributed by atoms with Gasteiger partial charge in [-0.1, -0.05) is 51.1 Å². The van der Waals surface area contributed by atoms with Crippen LogP contribution in [0.1, 0.15) is 36.7 Å². The van der Waals surface area contributed by atoms with Gasteiger partial charge in [0.2, 0.25) is 10.0 Å². The first-order valence-electron chi connectivity index (χ1n) is 10.2. The fraction of sp³-hybridized carbons (Fsp3) is 0.391. The summed E-state index contributed by atoms with van der Waals surface area (Å²) < 4.78 is 31.9. The predicted octanol–water partition coefficient (Wildman–Crippen LogP) is 2.67. The van der Waals surface area contributed by atoms with E-state index in [0.29, 0.717) is 5.56 Å². The van der Waals surface area contributed by atoms with Gasteiger partial charge in [0.25, 0.3) is 5.91 Å². The van der Waals surface area contributed by atoms with Gasteiger partial charge < -0.3 is 9.64 Å². The Labute approximate surface area is 183 Å². The van der Waals surface area contributed by atoms with Crippen LogP contribution < -0.4 is 0 Å². The number of rotatable bonds is 5. The smallest absolute Gasteiger partial charge is 0.338 e. The highest BCUT2D eigenvalue weighted by atomic mass is 32.2. The lowest BCUT2D eigenvalue weighted by atomic mass is 9.87. The molecule has 0 saturated carbocycles. The van der Waals surface area contributed by atoms with Gasteiger partial charge in [-0.05, 0) is 35.2 Å². The van der Waals surface area contributed by atoms with Crippen molar-refractivity contribution < 1.29 is 22.7 Å². The molecular formula is C23H28N2O5S. The fourth-order valence-electron chi connectivity index (χ4n) is 3.33. The molecule has 0 unspecified atom stereocenters. The second-order valence-electron chi connectivity index (χ2n) is 8.50. The summed E-state index contributed by atoms with van der Waals surface area (Å²) in [4.78, 5) is 26.4. The second kappa shape index (κ2) is 9.20. The molecule has 0 aliphatic carbocycles. The molecule has 0 radical (unpaired) electrons. The Bertz CT molecular complexity index is 1020. The van der Waals surface area contributed by atoms with E-state index in [1.165, 1.54) is 9.21 Å². The minimum Gasteiger partial charge on any atom is -0.452 e. The summed E-state index contributed by atoms with van der Waals surface area (Å²) >= 11 is 0. The summed E-state index contributed by atoms with van der Waals surface area (Å²) in [5, 5.41) is 0. The fourth-order valence-corrected chi connectivity index (χ4v) is 4.77. The summed E-state index contributed by atoms with van der Waals surface area (Å²) in [6, 6.07) is 15.4. The normalized spacial score (nSPS) is 15.5. The van der Waals surface area contributed by atoms with Gasteiger partial charge in [-0.15, -0.1) is 0 Å². The lowest BCUT2D eigenvalue weighted by molar-refractivity contribution is -0.135. The largest absolute Gasteiger partial charge is 0.452 e. The maximum Gasteiger partial charge on any atom is 0.338 e. The number of esters is 1. The van der Waals surface area contributed by atoms with E-state index in [4.69, 9.17) is 4.74 Å². The number of nitrogens with zero attached hydrogens (tertiary/aromatic N) is 2. The number of hydrogen-bond acceptors (Lipinski definition) is 5. The van der Waals surface area contributed by atoms with E-state index in [1.54, 1.807) is 42.5 Å². The molecule has 1 aliphatic heterocycles. The minimum atomic E-state index is -3.58. The van der Waals surface area contributed by atoms with Crippen molar-refractivity contribution in [3.05, 3.63) is 65.7 Å². The first kappa shape index (κ1) is 23.0. The molecule has 166 valence electrons. The van der Waals surface area contributed by atoms with Crippen molar-refractivity contribution in [1.29, 1.82) is 0 Å². The summed E-state index contributed by atoms with van der Waals surface area (Å²) in [6.07, 6.45) is 0. The Hall–Kier alpha value is -2.71. The number of benzene rings is 2. The lowest BCUT2D eigenvalue weighted by Gasteiger charge is -2.33. The molecule has 1 saturated heterocycles. The number of hydrogen-bond donors (Lipinski definition) is 0. The molecule has 0 aromatic heterocycles. The highest BCUT2D eigenvalue weighted by Gasteiger charge is 2.30. The zero-order valence-corrected chi connectivity index (χ0v) is 18.9. The molecule has 1 heterocycles. The van der Waals surface area contributed by atoms with Crippen molar-refractivity contribution in [1.82, 2.24) is 9.21 Å². The Kier molecular flexibility index (Phi) is 6.81. The van der Waals surface area contributed by atoms with Gasteiger partial charge in [-0.3, -0.25) is 4.79 Å². The molecule has 0 spiro atoms. The molecule has 1 aliphatic rings. The molecule has 2 aromatic carbocycles. The summed E-state index contributed by atoms with van der Waals surface area (Å²) in [6.45, 7) is 6.80. The van der Waals surface area contributed by atoms with Crippen LogP contribution in [0, 0.1) is 0 Å². The molecule has 7 nitrogen and oxygen atoms in total. The molecule has 31 heavy (non-hydrogen) atoms. The number of ether oxygens (including phenoxy) is 1. The molecule has 1 fully saturated rings. The number of sulfonamides is 1. The molecular weight excluding hydrogens is 416 g/mol. The summed E-state index contributed by atoms with van der Waals surface area (Å²) in [5.41, 5.74) is 1.47. The van der Waals surface area contributed by atoms with Crippen LogP contribution in [-0.4, -0.2) is 62.3 Å². The molecule has 0 atom stereocenters. The van der Waals surface area contributed by atoms with E-state index in [1.807, 2.05) is 12.1 Å². The molecule has 1 amide bonds. The topological polar surface area (TPSA) is 84.0 Å². The van der Waals surface area contributed by atoms with Gasteiger partial charge in [0.15, 0.2) is 6.61 Å². The molecule has 0 N–H and O–H groups in total. The predicted molar refractivity (Wildman–Crippen MR) is 117 cm³/mol. The van der Waals surface area contributed by atoms with Crippen LogP contribution >= 0.6 is 0 Å². The zero-order valence-electron chi connectivity index (χ0n) is 18.1. The summed E-state index contributed by atoms with van der Waals surface area (Å²) in [7, 11) is -3.58. The SMILES string of the molecule is CC(C)(C)c1ccc(C(=O)OCC(=O)N2CCN(S(=O)(=O)c3ccccc3)CC2)cc1. The standard InChI is InChI=1S/C23H28N2O5S/c1-23(2,3)19-11-9-18(10-12-19)22(27)30-17-21(26)24-13-15-25(16-14-24)31(28,29)20-7-5-4-6-8-20/h4-12H,13-17H2,1-3H3. The van der Waals surface area contributed by atoms with Crippen LogP contribution in [0.3, 0.4) is 0 Å². The van der Waals surface area contributed by atoms with Crippen LogP contribution in [0.2, 0.25) is 0 Å². The Balaban J connectivity index is 1.51. The van der Waals surface area contributed by atoms with E-state index in [2.05, 4.69) is 20.8 Å². The first-order valence-corrected chi connectivity index (χ1v) is 11.6. The highest BCUT2D eigenvalue weighted by Crippen LogP contribution is 2.22. The van der Waals surface area contributed by atoms with Gasteiger partial charge in [0.1, 0.15) is 0 Å².